The van der Waals surface area contributed by atoms with Gasteiger partial charge in [-0.1, -0.05) is 56.7 Å². The summed E-state index contributed by atoms with van der Waals surface area (Å²) in [5.74, 6) is -0.817. The molecule has 2 N–H and O–H groups in total. The maximum atomic E-state index is 14.3. The highest BCUT2D eigenvalue weighted by Crippen LogP contribution is 2.39. The van der Waals surface area contributed by atoms with Gasteiger partial charge in [-0.3, -0.25) is 15.0 Å². The van der Waals surface area contributed by atoms with E-state index in [0.717, 1.165) is 22.2 Å². The van der Waals surface area contributed by atoms with Crippen LogP contribution in [0.1, 0.15) is 31.5 Å². The minimum absolute atomic E-state index is 0.0300. The highest BCUT2D eigenvalue weighted by molar-refractivity contribution is 5.91. The van der Waals surface area contributed by atoms with E-state index in [1.807, 2.05) is 56.4 Å². The van der Waals surface area contributed by atoms with Crippen LogP contribution in [0.4, 0.5) is 0 Å². The van der Waals surface area contributed by atoms with Gasteiger partial charge in [-0.2, -0.15) is 0 Å². The van der Waals surface area contributed by atoms with Crippen molar-refractivity contribution >= 4 is 22.8 Å². The number of rotatable bonds is 6. The Morgan fingerprint density at radius 2 is 2.12 bits per heavy atom. The number of fused-ring (bicyclic) bond motifs is 4. The van der Waals surface area contributed by atoms with Crippen molar-refractivity contribution < 1.29 is 23.8 Å². The molecule has 2 aliphatic heterocycles. The molecule has 5 atom stereocenters. The van der Waals surface area contributed by atoms with E-state index < -0.39 is 29.9 Å². The molecule has 180 valence electrons. The second kappa shape index (κ2) is 9.02. The van der Waals surface area contributed by atoms with E-state index in [1.165, 1.54) is 7.11 Å². The number of hydrogen-bond acceptors (Lipinski definition) is 6. The van der Waals surface area contributed by atoms with E-state index in [-0.39, 0.29) is 18.6 Å². The number of benzene rings is 1. The highest BCUT2D eigenvalue weighted by Gasteiger charge is 2.56. The molecule has 3 heterocycles. The van der Waals surface area contributed by atoms with Gasteiger partial charge in [0.1, 0.15) is 12.1 Å². The molecule has 0 spiro atoms. The van der Waals surface area contributed by atoms with Crippen LogP contribution in [0, 0.1) is 5.92 Å². The number of aromatic amines is 1. The summed E-state index contributed by atoms with van der Waals surface area (Å²) in [6.45, 7) is 4.52. The number of amides is 1. The zero-order chi connectivity index (χ0) is 23.9. The maximum Gasteiger partial charge on any atom is 0.328 e. The number of para-hydroxylation sites is 1. The molecule has 1 aromatic heterocycles. The van der Waals surface area contributed by atoms with Gasteiger partial charge in [0.25, 0.3) is 0 Å². The van der Waals surface area contributed by atoms with Crippen LogP contribution in [-0.2, 0) is 36.8 Å². The van der Waals surface area contributed by atoms with Crippen LogP contribution in [0.5, 0.6) is 0 Å². The van der Waals surface area contributed by atoms with Crippen molar-refractivity contribution in [2.75, 3.05) is 13.9 Å². The molecule has 0 saturated carbocycles. The third-order valence-corrected chi connectivity index (χ3v) is 7.33. The van der Waals surface area contributed by atoms with E-state index in [0.29, 0.717) is 19.4 Å². The van der Waals surface area contributed by atoms with Crippen molar-refractivity contribution in [2.45, 2.75) is 57.1 Å². The van der Waals surface area contributed by atoms with Crippen LogP contribution in [0.2, 0.25) is 0 Å². The lowest BCUT2D eigenvalue weighted by Gasteiger charge is -2.47. The van der Waals surface area contributed by atoms with Gasteiger partial charge in [-0.15, -0.1) is 0 Å². The Hall–Kier alpha value is -2.94. The molecular formula is C26H31N3O5. The molecule has 1 amide bonds. The fourth-order valence-electron chi connectivity index (χ4n) is 5.33. The first-order valence-corrected chi connectivity index (χ1v) is 11.8. The van der Waals surface area contributed by atoms with Gasteiger partial charge in [0, 0.05) is 23.1 Å². The molecule has 1 fully saturated rings. The first-order chi connectivity index (χ1) is 16.5. The lowest BCUT2D eigenvalue weighted by Crippen LogP contribution is -2.67. The van der Waals surface area contributed by atoms with Crippen LogP contribution in [0.3, 0.4) is 0 Å². The van der Waals surface area contributed by atoms with Gasteiger partial charge in [-0.25, -0.2) is 4.79 Å². The summed E-state index contributed by atoms with van der Waals surface area (Å²) in [4.78, 5) is 32.5. The van der Waals surface area contributed by atoms with Gasteiger partial charge in [0.05, 0.1) is 13.2 Å². The number of nitrogens with zero attached hydrogens (tertiary/aromatic N) is 1. The molecule has 8 heteroatoms. The van der Waals surface area contributed by atoms with Gasteiger partial charge >= 0.3 is 5.97 Å². The molecule has 0 bridgehead atoms. The van der Waals surface area contributed by atoms with E-state index in [2.05, 4.69) is 16.4 Å². The van der Waals surface area contributed by atoms with Crippen molar-refractivity contribution in [3.8, 4) is 0 Å². The quantitative estimate of drug-likeness (QED) is 0.638. The van der Waals surface area contributed by atoms with Gasteiger partial charge in [0.15, 0.2) is 12.5 Å². The van der Waals surface area contributed by atoms with Crippen molar-refractivity contribution in [1.82, 2.24) is 15.2 Å². The molecule has 8 nitrogen and oxygen atoms in total. The summed E-state index contributed by atoms with van der Waals surface area (Å²) >= 11 is 0. The molecule has 2 unspecified atom stereocenters. The summed E-state index contributed by atoms with van der Waals surface area (Å²) in [6.07, 6.45) is 8.07. The predicted molar refractivity (Wildman–Crippen MR) is 127 cm³/mol. The first kappa shape index (κ1) is 22.8. The Morgan fingerprint density at radius 3 is 2.91 bits per heavy atom. The predicted octanol–water partition coefficient (Wildman–Crippen LogP) is 2.79. The maximum absolute atomic E-state index is 14.3. The molecule has 2 aromatic rings. The SMILES string of the molecule is CC[C@H](C)[C@@H](C(=O)OC)N(C(=O)C1Cc2c([nH]c3ccccc23)CN1)[C@]12C=CC=CC1OCO2. The molecule has 34 heavy (non-hydrogen) atoms. The number of hydrogen-bond donors (Lipinski definition) is 2. The second-order valence-electron chi connectivity index (χ2n) is 9.17. The number of allylic oxidation sites excluding steroid dienone is 2. The number of ether oxygens (including phenoxy) is 3. The summed E-state index contributed by atoms with van der Waals surface area (Å²) in [7, 11) is 1.36. The van der Waals surface area contributed by atoms with Crippen LogP contribution < -0.4 is 5.32 Å². The highest BCUT2D eigenvalue weighted by atomic mass is 16.7. The minimum atomic E-state index is -1.21. The van der Waals surface area contributed by atoms with E-state index >= 15 is 0 Å². The zero-order valence-corrected chi connectivity index (χ0v) is 19.7. The number of nitrogens with one attached hydrogen (secondary N) is 2. The molecule has 0 radical (unpaired) electrons. The lowest BCUT2D eigenvalue weighted by atomic mass is 9.89. The van der Waals surface area contributed by atoms with Gasteiger partial charge in [0.2, 0.25) is 5.91 Å². The average molecular weight is 466 g/mol. The van der Waals surface area contributed by atoms with Gasteiger partial charge in [-0.05, 0) is 30.0 Å². The van der Waals surface area contributed by atoms with E-state index in [4.69, 9.17) is 14.2 Å². The van der Waals surface area contributed by atoms with Crippen LogP contribution in [-0.4, -0.2) is 59.6 Å². The molecule has 1 saturated heterocycles. The normalized spacial score (nSPS) is 27.1. The fourth-order valence-corrected chi connectivity index (χ4v) is 5.33. The summed E-state index contributed by atoms with van der Waals surface area (Å²) in [6, 6.07) is 6.76. The van der Waals surface area contributed by atoms with Crippen molar-refractivity contribution in [2.24, 2.45) is 5.92 Å². The van der Waals surface area contributed by atoms with Crippen molar-refractivity contribution in [1.29, 1.82) is 0 Å². The van der Waals surface area contributed by atoms with E-state index in [1.54, 1.807) is 4.90 Å². The molecule has 3 aliphatic rings. The number of H-pyrrole nitrogens is 1. The monoisotopic (exact) mass is 465 g/mol. The van der Waals surface area contributed by atoms with Crippen molar-refractivity contribution in [3.05, 3.63) is 59.8 Å². The average Bonchev–Trinajstić information content (AvgIpc) is 3.47. The third-order valence-electron chi connectivity index (χ3n) is 7.33. The van der Waals surface area contributed by atoms with E-state index in [9.17, 15) is 9.59 Å². The standard InChI is InChI=1S/C26H31N3O5/c1-4-16(2)23(25(31)32-3)29(26-12-8-7-11-22(26)33-15-34-26)24(30)20-13-18-17-9-5-6-10-19(17)28-21(18)14-27-20/h5-12,16,20,22-23,27-28H,4,13-15H2,1-3H3/t16-,20?,22?,23-,26-/m0/s1. The number of esters is 1. The van der Waals surface area contributed by atoms with Crippen LogP contribution in [0.15, 0.2) is 48.6 Å². The molecule has 5 rings (SSSR count). The smallest absolute Gasteiger partial charge is 0.328 e. The lowest BCUT2D eigenvalue weighted by molar-refractivity contribution is -0.179. The van der Waals surface area contributed by atoms with Crippen LogP contribution in [0.25, 0.3) is 10.9 Å². The Bertz CT molecular complexity index is 1150. The number of carbonyl (C=O) groups is 2. The third kappa shape index (κ3) is 3.57. The first-order valence-electron chi connectivity index (χ1n) is 11.8. The topological polar surface area (TPSA) is 92.9 Å². The summed E-state index contributed by atoms with van der Waals surface area (Å²) < 4.78 is 17.1. The largest absolute Gasteiger partial charge is 0.467 e. The Balaban J connectivity index is 1.56. The van der Waals surface area contributed by atoms with Gasteiger partial charge < -0.3 is 19.2 Å². The Labute approximate surface area is 198 Å². The van der Waals surface area contributed by atoms with Crippen molar-refractivity contribution in [3.63, 3.8) is 0 Å². The van der Waals surface area contributed by atoms with Crippen LogP contribution >= 0.6 is 0 Å². The summed E-state index contributed by atoms with van der Waals surface area (Å²) in [5, 5.41) is 4.51. The minimum Gasteiger partial charge on any atom is -0.467 e. The Morgan fingerprint density at radius 1 is 1.29 bits per heavy atom. The summed E-state index contributed by atoms with van der Waals surface area (Å²) in [5.41, 5.74) is 2.05. The molecular weight excluding hydrogens is 434 g/mol. The molecule has 1 aliphatic carbocycles. The number of methoxy groups -OCH3 is 1. The zero-order valence-electron chi connectivity index (χ0n) is 19.7. The fraction of sp³-hybridized carbons (Fsp3) is 0.462. The number of carbonyl (C=O) groups excluding carboxylic acids is 2. The second-order valence-corrected chi connectivity index (χ2v) is 9.17. The Kier molecular flexibility index (Phi) is 6.06. The molecule has 1 aromatic carbocycles. The number of aromatic nitrogens is 1.